The minimum atomic E-state index is -0.534. The number of rotatable bonds is 8. The van der Waals surface area contributed by atoms with Gasteiger partial charge in [0.15, 0.2) is 23.0 Å². The number of aryl methyl sites for hydroxylation is 1. The van der Waals surface area contributed by atoms with Gasteiger partial charge in [-0.15, -0.1) is 0 Å². The van der Waals surface area contributed by atoms with Gasteiger partial charge in [0.2, 0.25) is 6.79 Å². The number of hydrogen-bond donors (Lipinski definition) is 1. The van der Waals surface area contributed by atoms with Gasteiger partial charge >= 0.3 is 0 Å². The summed E-state index contributed by atoms with van der Waals surface area (Å²) in [5.41, 5.74) is 2.89. The molecule has 3 aromatic carbocycles. The summed E-state index contributed by atoms with van der Waals surface area (Å²) in [4.78, 5) is 12.7. The monoisotopic (exact) mass is 616 g/mol. The fourth-order valence-electron chi connectivity index (χ4n) is 3.44. The SMILES string of the molecule is CCOc1cc(/C=C(/C#N)C(=O)Nc2ccc(C)c(Cl)c2)cc(I)c1OCc1ccc2c(c1)OCO2. The lowest BCUT2D eigenvalue weighted by Gasteiger charge is -2.15. The Hall–Kier alpha value is -3.42. The second-order valence-corrected chi connectivity index (χ2v) is 9.40. The van der Waals surface area contributed by atoms with Gasteiger partial charge < -0.3 is 24.3 Å². The zero-order valence-corrected chi connectivity index (χ0v) is 22.5. The third kappa shape index (κ3) is 6.04. The number of anilines is 1. The number of halogens is 2. The van der Waals surface area contributed by atoms with Crippen LogP contribution in [0.1, 0.15) is 23.6 Å². The van der Waals surface area contributed by atoms with Gasteiger partial charge in [-0.2, -0.15) is 5.26 Å². The maximum absolute atomic E-state index is 12.7. The Morgan fingerprint density at radius 2 is 1.97 bits per heavy atom. The largest absolute Gasteiger partial charge is 0.490 e. The van der Waals surface area contributed by atoms with Crippen LogP contribution >= 0.6 is 34.2 Å². The van der Waals surface area contributed by atoms with Crippen molar-refractivity contribution in [3.63, 3.8) is 0 Å². The predicted octanol–water partition coefficient (Wildman–Crippen LogP) is 6.51. The van der Waals surface area contributed by atoms with Crippen LogP contribution < -0.4 is 24.3 Å². The van der Waals surface area contributed by atoms with Crippen molar-refractivity contribution in [2.75, 3.05) is 18.7 Å². The molecular formula is C27H22ClIN2O5. The zero-order valence-electron chi connectivity index (χ0n) is 19.6. The highest BCUT2D eigenvalue weighted by atomic mass is 127. The number of amides is 1. The Morgan fingerprint density at radius 1 is 1.17 bits per heavy atom. The molecule has 0 radical (unpaired) electrons. The molecule has 7 nitrogen and oxygen atoms in total. The lowest BCUT2D eigenvalue weighted by Crippen LogP contribution is -2.13. The van der Waals surface area contributed by atoms with E-state index in [0.29, 0.717) is 52.5 Å². The maximum atomic E-state index is 12.7. The summed E-state index contributed by atoms with van der Waals surface area (Å²) in [6.07, 6.45) is 1.51. The Labute approximate surface area is 227 Å². The third-order valence-corrected chi connectivity index (χ3v) is 6.47. The van der Waals surface area contributed by atoms with Crippen molar-refractivity contribution in [3.05, 3.63) is 79.4 Å². The van der Waals surface area contributed by atoms with E-state index >= 15 is 0 Å². The summed E-state index contributed by atoms with van der Waals surface area (Å²) in [7, 11) is 0. The summed E-state index contributed by atoms with van der Waals surface area (Å²) >= 11 is 8.29. The van der Waals surface area contributed by atoms with E-state index in [9.17, 15) is 10.1 Å². The quantitative estimate of drug-likeness (QED) is 0.176. The number of carbonyl (C=O) groups is 1. The number of nitriles is 1. The number of carbonyl (C=O) groups excluding carboxylic acids is 1. The molecule has 0 fully saturated rings. The number of fused-ring (bicyclic) bond motifs is 1. The van der Waals surface area contributed by atoms with Crippen molar-refractivity contribution in [2.45, 2.75) is 20.5 Å². The Kier molecular flexibility index (Phi) is 8.23. The van der Waals surface area contributed by atoms with Gasteiger partial charge in [-0.1, -0.05) is 23.7 Å². The van der Waals surface area contributed by atoms with E-state index in [1.807, 2.05) is 44.2 Å². The van der Waals surface area contributed by atoms with E-state index in [1.165, 1.54) is 6.08 Å². The van der Waals surface area contributed by atoms with Gasteiger partial charge in [-0.05, 0) is 95.6 Å². The van der Waals surface area contributed by atoms with Crippen molar-refractivity contribution in [2.24, 2.45) is 0 Å². The molecule has 0 aromatic heterocycles. The van der Waals surface area contributed by atoms with Gasteiger partial charge in [-0.3, -0.25) is 4.79 Å². The van der Waals surface area contributed by atoms with Crippen LogP contribution in [0.3, 0.4) is 0 Å². The average Bonchev–Trinajstić information content (AvgIpc) is 3.32. The summed E-state index contributed by atoms with van der Waals surface area (Å²) in [5.74, 6) is 1.95. The predicted molar refractivity (Wildman–Crippen MR) is 146 cm³/mol. The Bertz CT molecular complexity index is 1380. The molecule has 1 heterocycles. The molecule has 0 atom stereocenters. The number of ether oxygens (including phenoxy) is 4. The van der Waals surface area contributed by atoms with Crippen LogP contribution in [-0.2, 0) is 11.4 Å². The van der Waals surface area contributed by atoms with Crippen LogP contribution in [0.4, 0.5) is 5.69 Å². The van der Waals surface area contributed by atoms with Crippen LogP contribution in [0.5, 0.6) is 23.0 Å². The molecule has 3 aromatic rings. The van der Waals surface area contributed by atoms with Gasteiger partial charge in [-0.25, -0.2) is 0 Å². The molecule has 0 unspecified atom stereocenters. The molecule has 0 aliphatic carbocycles. The molecule has 184 valence electrons. The van der Waals surface area contributed by atoms with Gasteiger partial charge in [0.05, 0.1) is 10.2 Å². The molecule has 0 bridgehead atoms. The first-order valence-corrected chi connectivity index (χ1v) is 12.5. The van der Waals surface area contributed by atoms with Crippen molar-refractivity contribution in [3.8, 4) is 29.1 Å². The molecule has 0 saturated carbocycles. The van der Waals surface area contributed by atoms with Crippen LogP contribution in [0.15, 0.2) is 54.1 Å². The number of benzene rings is 3. The number of nitrogens with one attached hydrogen (secondary N) is 1. The normalized spacial score (nSPS) is 12.1. The standard InChI is InChI=1S/C27H22ClIN2O5/c1-3-33-25-11-18(8-19(13-30)27(32)31-20-6-4-16(2)21(28)12-20)9-22(29)26(25)34-14-17-5-7-23-24(10-17)36-15-35-23/h4-12H,3,14-15H2,1-2H3,(H,31,32)/b19-8-. The van der Waals surface area contributed by atoms with Crippen molar-refractivity contribution in [1.29, 1.82) is 5.26 Å². The molecule has 9 heteroatoms. The minimum absolute atomic E-state index is 0.0565. The molecular weight excluding hydrogens is 595 g/mol. The first-order chi connectivity index (χ1) is 17.4. The maximum Gasteiger partial charge on any atom is 0.266 e. The highest BCUT2D eigenvalue weighted by Gasteiger charge is 2.17. The second kappa shape index (κ2) is 11.5. The van der Waals surface area contributed by atoms with E-state index in [4.69, 9.17) is 30.5 Å². The van der Waals surface area contributed by atoms with E-state index < -0.39 is 5.91 Å². The minimum Gasteiger partial charge on any atom is -0.490 e. The summed E-state index contributed by atoms with van der Waals surface area (Å²) in [6, 6.07) is 16.4. The van der Waals surface area contributed by atoms with Crippen molar-refractivity contribution >= 4 is 51.9 Å². The van der Waals surface area contributed by atoms with E-state index in [1.54, 1.807) is 24.3 Å². The van der Waals surface area contributed by atoms with Gasteiger partial charge in [0.25, 0.3) is 5.91 Å². The molecule has 1 aliphatic rings. The van der Waals surface area contributed by atoms with E-state index in [2.05, 4.69) is 27.9 Å². The molecule has 0 spiro atoms. The lowest BCUT2D eigenvalue weighted by atomic mass is 10.1. The lowest BCUT2D eigenvalue weighted by molar-refractivity contribution is -0.112. The summed E-state index contributed by atoms with van der Waals surface area (Å²) < 4.78 is 23.5. The second-order valence-electron chi connectivity index (χ2n) is 7.83. The van der Waals surface area contributed by atoms with Crippen LogP contribution in [0.2, 0.25) is 5.02 Å². The topological polar surface area (TPSA) is 89.8 Å². The first kappa shape index (κ1) is 25.7. The Balaban J connectivity index is 1.54. The smallest absolute Gasteiger partial charge is 0.266 e. The van der Waals surface area contributed by atoms with Gasteiger partial charge in [0, 0.05) is 10.7 Å². The van der Waals surface area contributed by atoms with Crippen LogP contribution in [0, 0.1) is 21.8 Å². The highest BCUT2D eigenvalue weighted by Crippen LogP contribution is 2.37. The molecule has 0 saturated heterocycles. The first-order valence-electron chi connectivity index (χ1n) is 11.0. The molecule has 1 aliphatic heterocycles. The molecule has 1 N–H and O–H groups in total. The third-order valence-electron chi connectivity index (χ3n) is 5.26. The number of hydrogen-bond acceptors (Lipinski definition) is 6. The van der Waals surface area contributed by atoms with Crippen LogP contribution in [0.25, 0.3) is 6.08 Å². The highest BCUT2D eigenvalue weighted by molar-refractivity contribution is 14.1. The molecule has 36 heavy (non-hydrogen) atoms. The van der Waals surface area contributed by atoms with E-state index in [-0.39, 0.29) is 12.4 Å². The van der Waals surface area contributed by atoms with Gasteiger partial charge in [0.1, 0.15) is 18.2 Å². The fraction of sp³-hybridized carbons (Fsp3) is 0.185. The fourth-order valence-corrected chi connectivity index (χ4v) is 4.41. The number of nitrogens with zero attached hydrogens (tertiary/aromatic N) is 1. The van der Waals surface area contributed by atoms with Crippen molar-refractivity contribution < 1.29 is 23.7 Å². The van der Waals surface area contributed by atoms with E-state index in [0.717, 1.165) is 14.7 Å². The van der Waals surface area contributed by atoms with Crippen LogP contribution in [-0.4, -0.2) is 19.3 Å². The molecule has 1 amide bonds. The summed E-state index contributed by atoms with van der Waals surface area (Å²) in [6.45, 7) is 4.67. The summed E-state index contributed by atoms with van der Waals surface area (Å²) in [5, 5.41) is 12.9. The Morgan fingerprint density at radius 3 is 2.72 bits per heavy atom. The average molecular weight is 617 g/mol. The zero-order chi connectivity index (χ0) is 25.7. The molecule has 4 rings (SSSR count). The van der Waals surface area contributed by atoms with Crippen molar-refractivity contribution in [1.82, 2.24) is 0 Å².